The predicted molar refractivity (Wildman–Crippen MR) is 115 cm³/mol. The summed E-state index contributed by atoms with van der Waals surface area (Å²) in [4.78, 5) is 25.2. The molecular weight excluding hydrogens is 386 g/mol. The highest BCUT2D eigenvalue weighted by Crippen LogP contribution is 2.36. The SMILES string of the molecule is NC(=O)COc1ccc(-c2csc3ccccc23)cc1CN1CCCNC(=O)C1. The molecule has 0 unspecified atom stereocenters. The molecule has 29 heavy (non-hydrogen) atoms. The number of ether oxygens (including phenoxy) is 1. The van der Waals surface area contributed by atoms with Gasteiger partial charge in [0.05, 0.1) is 6.54 Å². The molecule has 0 aliphatic carbocycles. The van der Waals surface area contributed by atoms with Crippen LogP contribution in [-0.2, 0) is 16.1 Å². The van der Waals surface area contributed by atoms with E-state index >= 15 is 0 Å². The van der Waals surface area contributed by atoms with Crippen molar-refractivity contribution in [1.29, 1.82) is 0 Å². The summed E-state index contributed by atoms with van der Waals surface area (Å²) in [6.45, 7) is 2.26. The first-order valence-electron chi connectivity index (χ1n) is 9.60. The second-order valence-electron chi connectivity index (χ2n) is 7.14. The Kier molecular flexibility index (Phi) is 5.78. The summed E-state index contributed by atoms with van der Waals surface area (Å²) in [5.41, 5.74) is 8.45. The van der Waals surface area contributed by atoms with Gasteiger partial charge in [-0.1, -0.05) is 24.3 Å². The number of primary amides is 1. The minimum atomic E-state index is -0.516. The van der Waals surface area contributed by atoms with Crippen molar-refractivity contribution in [3.63, 3.8) is 0 Å². The lowest BCUT2D eigenvalue weighted by atomic mass is 10.0. The molecule has 0 atom stereocenters. The number of hydrogen-bond donors (Lipinski definition) is 2. The highest BCUT2D eigenvalue weighted by Gasteiger charge is 2.18. The standard InChI is InChI=1S/C22H23N3O3S/c23-21(26)13-28-19-7-6-15(18-14-29-20-5-2-1-4-17(18)20)10-16(19)11-25-9-3-8-24-22(27)12-25/h1-2,4-7,10,14H,3,8-9,11-13H2,(H2,23,26)(H,24,27). The van der Waals surface area contributed by atoms with Crippen molar-refractivity contribution in [1.82, 2.24) is 10.2 Å². The Morgan fingerprint density at radius 1 is 1.24 bits per heavy atom. The van der Waals surface area contributed by atoms with E-state index in [-0.39, 0.29) is 12.5 Å². The van der Waals surface area contributed by atoms with Gasteiger partial charge < -0.3 is 15.8 Å². The van der Waals surface area contributed by atoms with Crippen LogP contribution >= 0.6 is 11.3 Å². The van der Waals surface area contributed by atoms with Gasteiger partial charge in [0, 0.05) is 40.8 Å². The Bertz CT molecular complexity index is 1050. The molecule has 3 N–H and O–H groups in total. The van der Waals surface area contributed by atoms with E-state index in [4.69, 9.17) is 10.5 Å². The van der Waals surface area contributed by atoms with Gasteiger partial charge in [0.15, 0.2) is 6.61 Å². The van der Waals surface area contributed by atoms with E-state index < -0.39 is 5.91 Å². The molecule has 2 aromatic carbocycles. The summed E-state index contributed by atoms with van der Waals surface area (Å²) in [5.74, 6) is 0.136. The maximum absolute atomic E-state index is 11.9. The molecule has 1 aromatic heterocycles. The number of nitrogens with one attached hydrogen (secondary N) is 1. The van der Waals surface area contributed by atoms with Crippen molar-refractivity contribution in [2.75, 3.05) is 26.2 Å². The first kappa shape index (κ1) is 19.4. The zero-order chi connectivity index (χ0) is 20.2. The number of carbonyl (C=O) groups excluding carboxylic acids is 2. The van der Waals surface area contributed by atoms with Crippen LogP contribution in [0.15, 0.2) is 47.8 Å². The Morgan fingerprint density at radius 2 is 2.10 bits per heavy atom. The fourth-order valence-corrected chi connectivity index (χ4v) is 4.58. The molecule has 1 aliphatic rings. The van der Waals surface area contributed by atoms with Gasteiger partial charge in [-0.25, -0.2) is 0 Å². The van der Waals surface area contributed by atoms with Crippen molar-refractivity contribution in [2.45, 2.75) is 13.0 Å². The van der Waals surface area contributed by atoms with Crippen LogP contribution in [0.2, 0.25) is 0 Å². The molecule has 0 saturated carbocycles. The number of thiophene rings is 1. The summed E-state index contributed by atoms with van der Waals surface area (Å²) in [7, 11) is 0. The zero-order valence-electron chi connectivity index (χ0n) is 16.0. The van der Waals surface area contributed by atoms with Gasteiger partial charge >= 0.3 is 0 Å². The van der Waals surface area contributed by atoms with E-state index in [9.17, 15) is 9.59 Å². The second kappa shape index (κ2) is 8.63. The lowest BCUT2D eigenvalue weighted by Crippen LogP contribution is -2.32. The molecule has 7 heteroatoms. The Balaban J connectivity index is 1.68. The van der Waals surface area contributed by atoms with Crippen LogP contribution in [0.3, 0.4) is 0 Å². The first-order chi connectivity index (χ1) is 14.1. The van der Waals surface area contributed by atoms with E-state index in [1.165, 1.54) is 15.6 Å². The maximum atomic E-state index is 11.9. The minimum Gasteiger partial charge on any atom is -0.483 e. The van der Waals surface area contributed by atoms with Crippen molar-refractivity contribution in [3.8, 4) is 16.9 Å². The zero-order valence-corrected chi connectivity index (χ0v) is 16.8. The predicted octanol–water partition coefficient (Wildman–Crippen LogP) is 2.75. The highest BCUT2D eigenvalue weighted by molar-refractivity contribution is 7.17. The number of nitrogens with two attached hydrogens (primary N) is 1. The molecule has 1 fully saturated rings. The highest BCUT2D eigenvalue weighted by atomic mass is 32.1. The molecule has 1 aliphatic heterocycles. The molecule has 4 rings (SSSR count). The molecule has 0 radical (unpaired) electrons. The second-order valence-corrected chi connectivity index (χ2v) is 8.05. The number of rotatable bonds is 6. The number of hydrogen-bond acceptors (Lipinski definition) is 5. The molecule has 3 aromatic rings. The molecule has 1 saturated heterocycles. The van der Waals surface area contributed by atoms with Crippen molar-refractivity contribution < 1.29 is 14.3 Å². The molecule has 2 amide bonds. The van der Waals surface area contributed by atoms with Gasteiger partial charge in [-0.3, -0.25) is 14.5 Å². The number of nitrogens with zero attached hydrogens (tertiary/aromatic N) is 1. The van der Waals surface area contributed by atoms with Crippen LogP contribution in [0.1, 0.15) is 12.0 Å². The normalized spacial score (nSPS) is 15.1. The molecule has 0 bridgehead atoms. The smallest absolute Gasteiger partial charge is 0.255 e. The summed E-state index contributed by atoms with van der Waals surface area (Å²) in [6, 6.07) is 14.3. The summed E-state index contributed by atoms with van der Waals surface area (Å²) >= 11 is 1.72. The monoisotopic (exact) mass is 409 g/mol. The van der Waals surface area contributed by atoms with Crippen LogP contribution in [0.5, 0.6) is 5.75 Å². The molecular formula is C22H23N3O3S. The van der Waals surface area contributed by atoms with Crippen LogP contribution in [0.25, 0.3) is 21.2 Å². The van der Waals surface area contributed by atoms with E-state index in [1.54, 1.807) is 11.3 Å². The Labute approximate surface area is 173 Å². The molecule has 150 valence electrons. The van der Waals surface area contributed by atoms with Crippen LogP contribution in [0, 0.1) is 0 Å². The Hall–Kier alpha value is -2.90. The fraction of sp³-hybridized carbons (Fsp3) is 0.273. The van der Waals surface area contributed by atoms with Crippen LogP contribution < -0.4 is 15.8 Å². The maximum Gasteiger partial charge on any atom is 0.255 e. The molecule has 6 nitrogen and oxygen atoms in total. The first-order valence-corrected chi connectivity index (χ1v) is 10.5. The number of benzene rings is 2. The third-order valence-corrected chi connectivity index (χ3v) is 5.92. The van der Waals surface area contributed by atoms with Gasteiger partial charge in [0.25, 0.3) is 5.91 Å². The lowest BCUT2D eigenvalue weighted by Gasteiger charge is -2.21. The van der Waals surface area contributed by atoms with Gasteiger partial charge in [0.1, 0.15) is 5.75 Å². The van der Waals surface area contributed by atoms with Crippen molar-refractivity contribution >= 4 is 33.2 Å². The van der Waals surface area contributed by atoms with E-state index in [0.29, 0.717) is 25.4 Å². The number of amides is 2. The average molecular weight is 410 g/mol. The third kappa shape index (κ3) is 4.58. The lowest BCUT2D eigenvalue weighted by molar-refractivity contribution is -0.121. The van der Waals surface area contributed by atoms with Gasteiger partial charge in [0.2, 0.25) is 5.91 Å². The van der Waals surface area contributed by atoms with Gasteiger partial charge in [-0.05, 0) is 35.6 Å². The third-order valence-electron chi connectivity index (χ3n) is 4.96. The topological polar surface area (TPSA) is 84.7 Å². The van der Waals surface area contributed by atoms with Crippen molar-refractivity contribution in [3.05, 3.63) is 53.4 Å². The van der Waals surface area contributed by atoms with E-state index in [0.717, 1.165) is 24.1 Å². The largest absolute Gasteiger partial charge is 0.483 e. The quantitative estimate of drug-likeness (QED) is 0.656. The summed E-state index contributed by atoms with van der Waals surface area (Å²) in [6.07, 6.45) is 0.901. The van der Waals surface area contributed by atoms with E-state index in [1.807, 2.05) is 24.3 Å². The molecule has 2 heterocycles. The van der Waals surface area contributed by atoms with Crippen LogP contribution in [-0.4, -0.2) is 43.0 Å². The van der Waals surface area contributed by atoms with Crippen LogP contribution in [0.4, 0.5) is 0 Å². The number of carbonyl (C=O) groups is 2. The number of fused-ring (bicyclic) bond motifs is 1. The summed E-state index contributed by atoms with van der Waals surface area (Å²) in [5, 5.41) is 6.27. The van der Waals surface area contributed by atoms with E-state index in [2.05, 4.69) is 33.8 Å². The van der Waals surface area contributed by atoms with Gasteiger partial charge in [-0.2, -0.15) is 0 Å². The molecule has 0 spiro atoms. The van der Waals surface area contributed by atoms with Gasteiger partial charge in [-0.15, -0.1) is 11.3 Å². The summed E-state index contributed by atoms with van der Waals surface area (Å²) < 4.78 is 6.90. The average Bonchev–Trinajstić information content (AvgIpc) is 3.03. The minimum absolute atomic E-state index is 0.0297. The van der Waals surface area contributed by atoms with Crippen molar-refractivity contribution in [2.24, 2.45) is 5.73 Å². The fourth-order valence-electron chi connectivity index (χ4n) is 3.61. The Morgan fingerprint density at radius 3 is 2.97 bits per heavy atom.